The summed E-state index contributed by atoms with van der Waals surface area (Å²) in [7, 11) is 0. The molecule has 0 fully saturated rings. The van der Waals surface area contributed by atoms with Gasteiger partial charge in [-0.15, -0.1) is 6.58 Å². The van der Waals surface area contributed by atoms with Crippen molar-refractivity contribution in [3.8, 4) is 6.07 Å². The van der Waals surface area contributed by atoms with E-state index in [1.165, 1.54) is 12.1 Å². The van der Waals surface area contributed by atoms with Crippen LogP contribution in [0.4, 0.5) is 4.39 Å². The first-order valence-corrected chi connectivity index (χ1v) is 11.0. The van der Waals surface area contributed by atoms with Crippen LogP contribution in [0.15, 0.2) is 79.5 Å². The predicted molar refractivity (Wildman–Crippen MR) is 132 cm³/mol. The molecular weight excluding hydrogens is 411 g/mol. The Morgan fingerprint density at radius 2 is 2.03 bits per heavy atom. The van der Waals surface area contributed by atoms with Gasteiger partial charge in [0.2, 0.25) is 0 Å². The topological polar surface area (TPSA) is 64.5 Å². The molecule has 2 N–H and O–H groups in total. The molecule has 4 aromatic rings. The summed E-state index contributed by atoms with van der Waals surface area (Å²) in [6.07, 6.45) is 4.24. The van der Waals surface area contributed by atoms with Crippen LogP contribution in [0.2, 0.25) is 0 Å². The van der Waals surface area contributed by atoms with Crippen LogP contribution in [0.1, 0.15) is 30.3 Å². The Balaban J connectivity index is 1.38. The van der Waals surface area contributed by atoms with Gasteiger partial charge in [-0.2, -0.15) is 5.26 Å². The van der Waals surface area contributed by atoms with Crippen LogP contribution in [0.5, 0.6) is 0 Å². The van der Waals surface area contributed by atoms with Crippen LogP contribution in [-0.2, 0) is 12.8 Å². The zero-order chi connectivity index (χ0) is 23.4. The van der Waals surface area contributed by atoms with Gasteiger partial charge >= 0.3 is 0 Å². The van der Waals surface area contributed by atoms with Crippen LogP contribution in [-0.4, -0.2) is 16.5 Å². The molecule has 166 valence electrons. The summed E-state index contributed by atoms with van der Waals surface area (Å²) in [6.45, 7) is 11.1. The SMILES string of the molecule is C=CC(C)(CNC(=C)CCc1cccc2ccc(C#N)nc12)Cc1cc2ccc(F)cc2[nH]1. The zero-order valence-corrected chi connectivity index (χ0v) is 18.8. The number of halogens is 1. The zero-order valence-electron chi connectivity index (χ0n) is 18.8. The van der Waals surface area contributed by atoms with Gasteiger partial charge in [0.25, 0.3) is 0 Å². The van der Waals surface area contributed by atoms with Crippen molar-refractivity contribution >= 4 is 21.8 Å². The van der Waals surface area contributed by atoms with Crippen molar-refractivity contribution in [1.29, 1.82) is 5.26 Å². The monoisotopic (exact) mass is 438 g/mol. The molecule has 0 bridgehead atoms. The van der Waals surface area contributed by atoms with Crippen LogP contribution >= 0.6 is 0 Å². The molecule has 0 saturated carbocycles. The Hall–Kier alpha value is -3.91. The summed E-state index contributed by atoms with van der Waals surface area (Å²) in [6, 6.07) is 18.7. The largest absolute Gasteiger partial charge is 0.388 e. The van der Waals surface area contributed by atoms with Crippen molar-refractivity contribution in [1.82, 2.24) is 15.3 Å². The van der Waals surface area contributed by atoms with Crippen LogP contribution in [0.3, 0.4) is 0 Å². The minimum atomic E-state index is -0.245. The van der Waals surface area contributed by atoms with E-state index in [4.69, 9.17) is 0 Å². The Kier molecular flexibility index (Phi) is 6.28. The molecule has 4 nitrogen and oxygen atoms in total. The van der Waals surface area contributed by atoms with Gasteiger partial charge in [0.05, 0.1) is 5.52 Å². The third-order valence-corrected chi connectivity index (χ3v) is 6.08. The number of pyridine rings is 1. The normalized spacial score (nSPS) is 12.9. The van der Waals surface area contributed by atoms with E-state index < -0.39 is 0 Å². The van der Waals surface area contributed by atoms with Gasteiger partial charge in [-0.05, 0) is 66.6 Å². The van der Waals surface area contributed by atoms with E-state index in [0.29, 0.717) is 12.2 Å². The number of rotatable bonds is 9. The third kappa shape index (κ3) is 5.12. The Labute approximate surface area is 193 Å². The number of aromatic nitrogens is 2. The van der Waals surface area contributed by atoms with Gasteiger partial charge in [0.1, 0.15) is 17.6 Å². The number of aromatic amines is 1. The molecule has 1 atom stereocenters. The van der Waals surface area contributed by atoms with Crippen molar-refractivity contribution in [3.05, 3.63) is 102 Å². The van der Waals surface area contributed by atoms with Gasteiger partial charge in [-0.1, -0.05) is 37.8 Å². The average molecular weight is 439 g/mol. The fraction of sp³-hybridized carbons (Fsp3) is 0.214. The highest BCUT2D eigenvalue weighted by atomic mass is 19.1. The van der Waals surface area contributed by atoms with Gasteiger partial charge in [-0.25, -0.2) is 9.37 Å². The van der Waals surface area contributed by atoms with Gasteiger partial charge in [0, 0.05) is 34.3 Å². The maximum Gasteiger partial charge on any atom is 0.141 e. The first-order valence-electron chi connectivity index (χ1n) is 11.0. The predicted octanol–water partition coefficient (Wildman–Crippen LogP) is 6.20. The number of aryl methyl sites for hydroxylation is 1. The lowest BCUT2D eigenvalue weighted by Crippen LogP contribution is -2.31. The van der Waals surface area contributed by atoms with Crippen molar-refractivity contribution in [2.24, 2.45) is 5.41 Å². The molecule has 4 rings (SSSR count). The molecule has 0 aliphatic heterocycles. The number of nitrogens with zero attached hydrogens (tertiary/aromatic N) is 2. The summed E-state index contributed by atoms with van der Waals surface area (Å²) >= 11 is 0. The molecule has 2 heterocycles. The van der Waals surface area contributed by atoms with Gasteiger partial charge in [0.15, 0.2) is 0 Å². The highest BCUT2D eigenvalue weighted by Gasteiger charge is 2.22. The maximum atomic E-state index is 13.5. The van der Waals surface area contributed by atoms with Gasteiger partial charge < -0.3 is 10.3 Å². The molecular formula is C28H27FN4. The number of hydrogen-bond acceptors (Lipinski definition) is 3. The minimum Gasteiger partial charge on any atom is -0.388 e. The van der Waals surface area contributed by atoms with E-state index in [9.17, 15) is 9.65 Å². The van der Waals surface area contributed by atoms with Gasteiger partial charge in [-0.3, -0.25) is 0 Å². The summed E-state index contributed by atoms with van der Waals surface area (Å²) in [5.41, 5.74) is 4.98. The summed E-state index contributed by atoms with van der Waals surface area (Å²) < 4.78 is 13.5. The molecule has 2 aromatic carbocycles. The van der Waals surface area contributed by atoms with Crippen molar-refractivity contribution in [2.75, 3.05) is 6.54 Å². The quantitative estimate of drug-likeness (QED) is 0.306. The Morgan fingerprint density at radius 3 is 2.82 bits per heavy atom. The van der Waals surface area contributed by atoms with E-state index in [1.54, 1.807) is 12.1 Å². The molecule has 0 spiro atoms. The molecule has 1 unspecified atom stereocenters. The van der Waals surface area contributed by atoms with E-state index in [0.717, 1.165) is 58.0 Å². The van der Waals surface area contributed by atoms with Crippen molar-refractivity contribution in [2.45, 2.75) is 26.2 Å². The number of para-hydroxylation sites is 1. The number of nitriles is 1. The van der Waals surface area contributed by atoms with Crippen molar-refractivity contribution < 1.29 is 4.39 Å². The van der Waals surface area contributed by atoms with Crippen LogP contribution in [0.25, 0.3) is 21.8 Å². The highest BCUT2D eigenvalue weighted by molar-refractivity contribution is 5.82. The fourth-order valence-corrected chi connectivity index (χ4v) is 4.07. The third-order valence-electron chi connectivity index (χ3n) is 6.08. The number of allylic oxidation sites excluding steroid dienone is 1. The fourth-order valence-electron chi connectivity index (χ4n) is 4.07. The summed E-state index contributed by atoms with van der Waals surface area (Å²) in [4.78, 5) is 7.81. The smallest absolute Gasteiger partial charge is 0.141 e. The highest BCUT2D eigenvalue weighted by Crippen LogP contribution is 2.26. The summed E-state index contributed by atoms with van der Waals surface area (Å²) in [5.74, 6) is -0.245. The molecule has 5 heteroatoms. The minimum absolute atomic E-state index is 0.203. The van der Waals surface area contributed by atoms with E-state index >= 15 is 0 Å². The summed E-state index contributed by atoms with van der Waals surface area (Å²) in [5, 5.41) is 14.7. The molecule has 33 heavy (non-hydrogen) atoms. The lowest BCUT2D eigenvalue weighted by Gasteiger charge is -2.27. The number of fused-ring (bicyclic) bond motifs is 2. The van der Waals surface area contributed by atoms with Crippen LogP contribution < -0.4 is 5.32 Å². The number of benzene rings is 2. The molecule has 0 radical (unpaired) electrons. The lowest BCUT2D eigenvalue weighted by atomic mass is 9.85. The maximum absolute atomic E-state index is 13.5. The molecule has 0 aliphatic carbocycles. The second-order valence-electron chi connectivity index (χ2n) is 8.82. The van der Waals surface area contributed by atoms with E-state index in [1.807, 2.05) is 24.3 Å². The number of H-pyrrole nitrogens is 1. The number of hydrogen-bond donors (Lipinski definition) is 2. The molecule has 0 saturated heterocycles. The number of nitrogens with one attached hydrogen (secondary N) is 2. The standard InChI is InChI=1S/C28H27FN4/c1-4-28(3,16-25-14-22-10-12-23(29)15-26(22)32-25)18-31-19(2)8-9-20-6-5-7-21-11-13-24(17-30)33-27(20)21/h4-7,10-15,31-32H,1-2,8-9,16,18H2,3H3. The average Bonchev–Trinajstić information content (AvgIpc) is 3.21. The van der Waals surface area contributed by atoms with Crippen molar-refractivity contribution in [3.63, 3.8) is 0 Å². The van der Waals surface area contributed by atoms with E-state index in [2.05, 4.69) is 53.6 Å². The Bertz CT molecular complexity index is 1380. The first-order chi connectivity index (χ1) is 15.9. The second kappa shape index (κ2) is 9.30. The molecule has 0 amide bonds. The Morgan fingerprint density at radius 1 is 1.21 bits per heavy atom. The van der Waals surface area contributed by atoms with E-state index in [-0.39, 0.29) is 11.2 Å². The van der Waals surface area contributed by atoms with Crippen LogP contribution in [0, 0.1) is 22.6 Å². The lowest BCUT2D eigenvalue weighted by molar-refractivity contribution is 0.402. The second-order valence-corrected chi connectivity index (χ2v) is 8.82. The molecule has 2 aromatic heterocycles. The molecule has 0 aliphatic rings. The first kappa shape index (κ1) is 22.3.